The molecule has 0 radical (unpaired) electrons. The van der Waals surface area contributed by atoms with Gasteiger partial charge < -0.3 is 15.0 Å². The van der Waals surface area contributed by atoms with Crippen LogP contribution in [0.3, 0.4) is 0 Å². The van der Waals surface area contributed by atoms with Crippen LogP contribution < -0.4 is 5.73 Å². The van der Waals surface area contributed by atoms with Crippen molar-refractivity contribution in [2.75, 3.05) is 18.9 Å². The van der Waals surface area contributed by atoms with Crippen LogP contribution in [0.5, 0.6) is 0 Å². The van der Waals surface area contributed by atoms with Gasteiger partial charge in [0.2, 0.25) is 0 Å². The topological polar surface area (TPSA) is 74.2 Å². The fourth-order valence-electron chi connectivity index (χ4n) is 1.88. The first kappa shape index (κ1) is 10.3. The highest BCUT2D eigenvalue weighted by atomic mass is 16.5. The van der Waals surface area contributed by atoms with E-state index >= 15 is 0 Å². The second kappa shape index (κ2) is 4.18. The number of hydrogen-bond donors (Lipinski definition) is 1. The summed E-state index contributed by atoms with van der Waals surface area (Å²) in [6.45, 7) is 1.46. The molecule has 0 bridgehead atoms. The van der Waals surface area contributed by atoms with E-state index in [9.17, 15) is 0 Å². The number of aromatic nitrogens is 2. The summed E-state index contributed by atoms with van der Waals surface area (Å²) >= 11 is 0. The normalized spacial score (nSPS) is 19.6. The molecule has 1 aromatic heterocycles. The van der Waals surface area contributed by atoms with Crippen LogP contribution in [0, 0.1) is 0 Å². The van der Waals surface area contributed by atoms with E-state index in [2.05, 4.69) is 10.1 Å². The van der Waals surface area contributed by atoms with E-state index in [4.69, 9.17) is 15.0 Å². The van der Waals surface area contributed by atoms with Gasteiger partial charge in [0.05, 0.1) is 6.61 Å². The molecule has 3 rings (SSSR count). The van der Waals surface area contributed by atoms with Crippen LogP contribution in [-0.2, 0) is 4.74 Å². The molecule has 1 saturated heterocycles. The molecular formula is C12H13N3O2. The number of ether oxygens (including phenoxy) is 1. The summed E-state index contributed by atoms with van der Waals surface area (Å²) in [5.74, 6) is 1.53. The summed E-state index contributed by atoms with van der Waals surface area (Å²) in [6.07, 6.45) is 0.959. The van der Waals surface area contributed by atoms with Gasteiger partial charge in [-0.2, -0.15) is 4.98 Å². The largest absolute Gasteiger partial charge is 0.399 e. The Hall–Kier alpha value is -1.88. The van der Waals surface area contributed by atoms with E-state index in [1.165, 1.54) is 0 Å². The van der Waals surface area contributed by atoms with Gasteiger partial charge in [0.25, 0.3) is 5.89 Å². The lowest BCUT2D eigenvalue weighted by Gasteiger charge is -1.98. The van der Waals surface area contributed by atoms with E-state index in [0.717, 1.165) is 30.1 Å². The predicted octanol–water partition coefficient (Wildman–Crippen LogP) is 1.82. The van der Waals surface area contributed by atoms with Gasteiger partial charge in [0.15, 0.2) is 5.82 Å². The summed E-state index contributed by atoms with van der Waals surface area (Å²) in [4.78, 5) is 4.39. The minimum Gasteiger partial charge on any atom is -0.399 e. The molecule has 0 spiro atoms. The Bertz CT molecular complexity index is 501. The molecule has 0 amide bonds. The fraction of sp³-hybridized carbons (Fsp3) is 0.333. The van der Waals surface area contributed by atoms with Gasteiger partial charge in [-0.1, -0.05) is 5.16 Å². The van der Waals surface area contributed by atoms with Crippen molar-refractivity contribution in [3.8, 4) is 11.5 Å². The predicted molar refractivity (Wildman–Crippen MR) is 62.3 cm³/mol. The summed E-state index contributed by atoms with van der Waals surface area (Å²) in [5, 5.41) is 4.00. The van der Waals surface area contributed by atoms with E-state index in [0.29, 0.717) is 12.5 Å². The number of nitrogens with zero attached hydrogens (tertiary/aromatic N) is 2. The Morgan fingerprint density at radius 1 is 1.24 bits per heavy atom. The van der Waals surface area contributed by atoms with E-state index in [1.807, 2.05) is 24.3 Å². The SMILES string of the molecule is Nc1ccc(-c2nc(C3CCOC3)no2)cc1. The average molecular weight is 231 g/mol. The quantitative estimate of drug-likeness (QED) is 0.798. The molecule has 1 aliphatic heterocycles. The summed E-state index contributed by atoms with van der Waals surface area (Å²) in [5.41, 5.74) is 7.23. The summed E-state index contributed by atoms with van der Waals surface area (Å²) in [6, 6.07) is 7.38. The van der Waals surface area contributed by atoms with Gasteiger partial charge in [0.1, 0.15) is 0 Å². The lowest BCUT2D eigenvalue weighted by Crippen LogP contribution is -1.99. The van der Waals surface area contributed by atoms with Gasteiger partial charge in [-0.15, -0.1) is 0 Å². The van der Waals surface area contributed by atoms with Gasteiger partial charge >= 0.3 is 0 Å². The molecule has 0 aliphatic carbocycles. The molecule has 1 fully saturated rings. The third-order valence-corrected chi connectivity index (χ3v) is 2.89. The monoisotopic (exact) mass is 231 g/mol. The van der Waals surface area contributed by atoms with Crippen molar-refractivity contribution in [2.45, 2.75) is 12.3 Å². The number of nitrogens with two attached hydrogens (primary N) is 1. The highest BCUT2D eigenvalue weighted by Gasteiger charge is 2.23. The van der Waals surface area contributed by atoms with Gasteiger partial charge in [-0.05, 0) is 30.7 Å². The summed E-state index contributed by atoms with van der Waals surface area (Å²) < 4.78 is 10.5. The zero-order valence-corrected chi connectivity index (χ0v) is 9.30. The standard InChI is InChI=1S/C12H13N3O2/c13-10-3-1-8(2-4-10)12-14-11(15-17-12)9-5-6-16-7-9/h1-4,9H,5-7,13H2. The molecule has 2 N–H and O–H groups in total. The van der Waals surface area contributed by atoms with Crippen LogP contribution in [0.4, 0.5) is 5.69 Å². The lowest BCUT2D eigenvalue weighted by atomic mass is 10.1. The fourth-order valence-corrected chi connectivity index (χ4v) is 1.88. The third kappa shape index (κ3) is 2.01. The molecule has 17 heavy (non-hydrogen) atoms. The smallest absolute Gasteiger partial charge is 0.257 e. The molecule has 1 unspecified atom stereocenters. The zero-order valence-electron chi connectivity index (χ0n) is 9.30. The Labute approximate surface area is 98.6 Å². The molecule has 2 aromatic rings. The van der Waals surface area contributed by atoms with Crippen molar-refractivity contribution >= 4 is 5.69 Å². The van der Waals surface area contributed by atoms with Crippen LogP contribution in [0.25, 0.3) is 11.5 Å². The molecule has 0 saturated carbocycles. The molecule has 2 heterocycles. The molecule has 5 heteroatoms. The molecule has 5 nitrogen and oxygen atoms in total. The van der Waals surface area contributed by atoms with E-state index < -0.39 is 0 Å². The minimum atomic E-state index is 0.265. The van der Waals surface area contributed by atoms with E-state index in [1.54, 1.807) is 0 Å². The Morgan fingerprint density at radius 3 is 2.76 bits per heavy atom. The maximum absolute atomic E-state index is 5.63. The van der Waals surface area contributed by atoms with Gasteiger partial charge in [0, 0.05) is 23.8 Å². The van der Waals surface area contributed by atoms with E-state index in [-0.39, 0.29) is 5.92 Å². The van der Waals surface area contributed by atoms with Crippen LogP contribution in [0.2, 0.25) is 0 Å². The molecule has 1 atom stereocenters. The van der Waals surface area contributed by atoms with Crippen LogP contribution >= 0.6 is 0 Å². The first-order valence-corrected chi connectivity index (χ1v) is 5.60. The second-order valence-corrected chi connectivity index (χ2v) is 4.14. The van der Waals surface area contributed by atoms with Crippen LogP contribution in [-0.4, -0.2) is 23.4 Å². The van der Waals surface area contributed by atoms with Gasteiger partial charge in [-0.3, -0.25) is 0 Å². The maximum Gasteiger partial charge on any atom is 0.257 e. The van der Waals surface area contributed by atoms with Crippen molar-refractivity contribution in [1.29, 1.82) is 0 Å². The Morgan fingerprint density at radius 2 is 2.06 bits per heavy atom. The highest BCUT2D eigenvalue weighted by Crippen LogP contribution is 2.25. The van der Waals surface area contributed by atoms with Crippen molar-refractivity contribution in [3.63, 3.8) is 0 Å². The van der Waals surface area contributed by atoms with Crippen molar-refractivity contribution < 1.29 is 9.26 Å². The number of hydrogen-bond acceptors (Lipinski definition) is 5. The van der Waals surface area contributed by atoms with Crippen molar-refractivity contribution in [1.82, 2.24) is 10.1 Å². The van der Waals surface area contributed by atoms with Crippen molar-refractivity contribution in [2.24, 2.45) is 0 Å². The molecule has 88 valence electrons. The number of nitrogen functional groups attached to an aromatic ring is 1. The third-order valence-electron chi connectivity index (χ3n) is 2.89. The summed E-state index contributed by atoms with van der Waals surface area (Å²) in [7, 11) is 0. The lowest BCUT2D eigenvalue weighted by molar-refractivity contribution is 0.192. The Kier molecular flexibility index (Phi) is 2.53. The first-order valence-electron chi connectivity index (χ1n) is 5.60. The Balaban J connectivity index is 1.86. The zero-order chi connectivity index (χ0) is 11.7. The average Bonchev–Trinajstić information content (AvgIpc) is 3.00. The molecule has 1 aromatic carbocycles. The maximum atomic E-state index is 5.63. The van der Waals surface area contributed by atoms with Crippen molar-refractivity contribution in [3.05, 3.63) is 30.1 Å². The molecule has 1 aliphatic rings. The van der Waals surface area contributed by atoms with Crippen LogP contribution in [0.1, 0.15) is 18.2 Å². The molecular weight excluding hydrogens is 218 g/mol. The highest BCUT2D eigenvalue weighted by molar-refractivity contribution is 5.56. The first-order chi connectivity index (χ1) is 8.33. The van der Waals surface area contributed by atoms with Gasteiger partial charge in [-0.25, -0.2) is 0 Å². The second-order valence-electron chi connectivity index (χ2n) is 4.14. The number of anilines is 1. The van der Waals surface area contributed by atoms with Crippen LogP contribution in [0.15, 0.2) is 28.8 Å². The number of rotatable bonds is 2. The minimum absolute atomic E-state index is 0.265. The number of benzene rings is 1.